The molecule has 18 heteroatoms. The Morgan fingerprint density at radius 3 is 2.57 bits per heavy atom. The molecule has 3 amide bonds. The van der Waals surface area contributed by atoms with E-state index in [0.29, 0.717) is 0 Å². The molecular formula is C12H13F3N6O7S2. The number of oxime groups is 1. The summed E-state index contributed by atoms with van der Waals surface area (Å²) >= 11 is 0.942. The van der Waals surface area contributed by atoms with Crippen molar-refractivity contribution in [3.8, 4) is 0 Å². The number of nitrogens with one attached hydrogen (secondary N) is 2. The summed E-state index contributed by atoms with van der Waals surface area (Å²) in [7, 11) is -4.09. The van der Waals surface area contributed by atoms with Crippen LogP contribution in [0.2, 0.25) is 0 Å². The fraction of sp³-hybridized carbons (Fsp3) is 0.417. The van der Waals surface area contributed by atoms with Gasteiger partial charge in [0.15, 0.2) is 10.8 Å². The van der Waals surface area contributed by atoms with Gasteiger partial charge < -0.3 is 21.2 Å². The average Bonchev–Trinajstić information content (AvgIpc) is 3.04. The maximum atomic E-state index is 12.4. The van der Waals surface area contributed by atoms with Crippen molar-refractivity contribution in [2.75, 3.05) is 19.4 Å². The number of nitrogen functional groups attached to an aromatic ring is 1. The van der Waals surface area contributed by atoms with E-state index in [1.54, 1.807) is 0 Å². The van der Waals surface area contributed by atoms with Gasteiger partial charge in [-0.25, -0.2) is 9.29 Å². The lowest BCUT2D eigenvalue weighted by Gasteiger charge is -2.44. The smallest absolute Gasteiger partial charge is 0.398 e. The fourth-order valence-electron chi connectivity index (χ4n) is 2.36. The van der Waals surface area contributed by atoms with E-state index in [9.17, 15) is 36.0 Å². The van der Waals surface area contributed by atoms with Crippen LogP contribution >= 0.6 is 11.3 Å². The van der Waals surface area contributed by atoms with Crippen LogP contribution in [-0.4, -0.2) is 77.6 Å². The molecule has 0 aliphatic carbocycles. The number of aromatic nitrogens is 1. The predicted octanol–water partition coefficient (Wildman–Crippen LogP) is -1.75. The number of β-lactam (4-membered cyclic amide) rings is 1. The number of anilines is 1. The van der Waals surface area contributed by atoms with Crippen molar-refractivity contribution >= 4 is 50.2 Å². The number of halogens is 3. The summed E-state index contributed by atoms with van der Waals surface area (Å²) in [5.41, 5.74) is 4.93. The quantitative estimate of drug-likeness (QED) is 0.153. The minimum absolute atomic E-state index is 0.0582. The number of hydrogen-bond donors (Lipinski definition) is 4. The standard InChI is InChI=1S/C12H13F3N6O7S2/c1-28-20-6(4-3-29-11(16)18-4)8(22)19-7-5(2-17-10(24)12(13,14)15)21(9(7)23)30(25,26)27/h3,5,7H,2H2,1H3,(H2,16,18)(H,17,24)(H,19,22)(H,25,26,27). The molecule has 5 N–H and O–H groups in total. The van der Waals surface area contributed by atoms with Crippen LogP contribution in [0.3, 0.4) is 0 Å². The second-order valence-corrected chi connectivity index (χ2v) is 7.71. The summed E-state index contributed by atoms with van der Waals surface area (Å²) in [5, 5.41) is 8.23. The van der Waals surface area contributed by atoms with Crippen molar-refractivity contribution in [1.82, 2.24) is 19.9 Å². The number of alkyl halides is 3. The third-order valence-electron chi connectivity index (χ3n) is 3.60. The van der Waals surface area contributed by atoms with Crippen molar-refractivity contribution < 1.29 is 45.4 Å². The van der Waals surface area contributed by atoms with Gasteiger partial charge in [-0.05, 0) is 0 Å². The van der Waals surface area contributed by atoms with Crippen molar-refractivity contribution in [2.45, 2.75) is 18.3 Å². The number of carbonyl (C=O) groups excluding carboxylic acids is 3. The molecule has 166 valence electrons. The van der Waals surface area contributed by atoms with Gasteiger partial charge in [-0.15, -0.1) is 11.3 Å². The molecule has 30 heavy (non-hydrogen) atoms. The van der Waals surface area contributed by atoms with Gasteiger partial charge in [0.05, 0.1) is 6.04 Å². The highest BCUT2D eigenvalue weighted by molar-refractivity contribution is 7.84. The van der Waals surface area contributed by atoms with Crippen molar-refractivity contribution in [3.63, 3.8) is 0 Å². The van der Waals surface area contributed by atoms with Crippen LogP contribution in [0, 0.1) is 0 Å². The molecular weight excluding hydrogens is 461 g/mol. The van der Waals surface area contributed by atoms with E-state index in [2.05, 4.69) is 15.0 Å². The Kier molecular flexibility index (Phi) is 6.52. The molecule has 0 bridgehead atoms. The monoisotopic (exact) mass is 474 g/mol. The van der Waals surface area contributed by atoms with E-state index < -0.39 is 58.5 Å². The summed E-state index contributed by atoms with van der Waals surface area (Å²) in [5.74, 6) is -4.88. The van der Waals surface area contributed by atoms with E-state index in [1.807, 2.05) is 5.32 Å². The highest BCUT2D eigenvalue weighted by Gasteiger charge is 2.54. The van der Waals surface area contributed by atoms with Crippen LogP contribution in [0.25, 0.3) is 0 Å². The summed E-state index contributed by atoms with van der Waals surface area (Å²) in [6.07, 6.45) is -5.28. The van der Waals surface area contributed by atoms with Gasteiger partial charge in [-0.2, -0.15) is 21.6 Å². The molecule has 13 nitrogen and oxygen atoms in total. The SMILES string of the molecule is CON=C(C(=O)NC1C(=O)N(S(=O)(=O)O)C1CNC(=O)C(F)(F)F)c1csc(N)n1. The first kappa shape index (κ1) is 23.3. The molecule has 2 unspecified atom stereocenters. The first-order chi connectivity index (χ1) is 13.8. The summed E-state index contributed by atoms with van der Waals surface area (Å²) in [6.45, 7) is -1.05. The zero-order valence-corrected chi connectivity index (χ0v) is 16.3. The van der Waals surface area contributed by atoms with Gasteiger partial charge in [-0.1, -0.05) is 5.16 Å². The second kappa shape index (κ2) is 8.40. The zero-order chi connectivity index (χ0) is 22.9. The number of hydrogen-bond acceptors (Lipinski definition) is 10. The molecule has 1 saturated heterocycles. The molecule has 2 rings (SSSR count). The van der Waals surface area contributed by atoms with E-state index in [4.69, 9.17) is 10.3 Å². The van der Waals surface area contributed by atoms with Gasteiger partial charge in [0.1, 0.15) is 18.8 Å². The largest absolute Gasteiger partial charge is 0.471 e. The molecule has 1 fully saturated rings. The third kappa shape index (κ3) is 4.94. The number of thiazole rings is 1. The van der Waals surface area contributed by atoms with Crippen LogP contribution in [0.4, 0.5) is 18.3 Å². The van der Waals surface area contributed by atoms with E-state index in [-0.39, 0.29) is 15.1 Å². The summed E-state index contributed by atoms with van der Waals surface area (Å²) < 4.78 is 68.6. The molecule has 0 radical (unpaired) electrons. The topological polar surface area (TPSA) is 193 Å². The summed E-state index contributed by atoms with van der Waals surface area (Å²) in [6, 6.07) is -3.46. The molecule has 1 aromatic heterocycles. The normalized spacial score (nSPS) is 19.8. The van der Waals surface area contributed by atoms with Crippen molar-refractivity contribution in [1.29, 1.82) is 0 Å². The Bertz CT molecular complexity index is 993. The molecule has 2 atom stereocenters. The maximum Gasteiger partial charge on any atom is 0.471 e. The Morgan fingerprint density at radius 1 is 1.47 bits per heavy atom. The minimum Gasteiger partial charge on any atom is -0.398 e. The van der Waals surface area contributed by atoms with Crippen molar-refractivity contribution in [3.05, 3.63) is 11.1 Å². The first-order valence-corrected chi connectivity index (χ1v) is 9.84. The average molecular weight is 474 g/mol. The molecule has 0 saturated carbocycles. The highest BCUT2D eigenvalue weighted by atomic mass is 32.2. The number of nitrogens with zero attached hydrogens (tertiary/aromatic N) is 3. The first-order valence-electron chi connectivity index (χ1n) is 7.56. The lowest BCUT2D eigenvalue weighted by Crippen LogP contribution is -2.74. The Labute approximate surface area is 169 Å². The van der Waals surface area contributed by atoms with Crippen LogP contribution in [0.5, 0.6) is 0 Å². The number of carbonyl (C=O) groups is 3. The van der Waals surface area contributed by atoms with E-state index in [1.165, 1.54) is 10.7 Å². The molecule has 0 spiro atoms. The maximum absolute atomic E-state index is 12.4. The van der Waals surface area contributed by atoms with Gasteiger partial charge in [0, 0.05) is 11.9 Å². The van der Waals surface area contributed by atoms with Crippen LogP contribution in [0.15, 0.2) is 10.5 Å². The number of rotatable bonds is 7. The van der Waals surface area contributed by atoms with Gasteiger partial charge in [0.25, 0.3) is 11.8 Å². The minimum atomic E-state index is -5.28. The number of amides is 3. The van der Waals surface area contributed by atoms with E-state index in [0.717, 1.165) is 18.4 Å². The van der Waals surface area contributed by atoms with Crippen molar-refractivity contribution in [2.24, 2.45) is 5.16 Å². The third-order valence-corrected chi connectivity index (χ3v) is 5.22. The van der Waals surface area contributed by atoms with Crippen LogP contribution < -0.4 is 16.4 Å². The van der Waals surface area contributed by atoms with Crippen LogP contribution in [0.1, 0.15) is 5.69 Å². The molecule has 1 aliphatic heterocycles. The van der Waals surface area contributed by atoms with Crippen LogP contribution in [-0.2, 0) is 29.5 Å². The Morgan fingerprint density at radius 2 is 2.10 bits per heavy atom. The van der Waals surface area contributed by atoms with E-state index >= 15 is 0 Å². The molecule has 1 aliphatic rings. The molecule has 0 aromatic carbocycles. The second-order valence-electron chi connectivity index (χ2n) is 5.53. The Hall–Kier alpha value is -2.99. The zero-order valence-electron chi connectivity index (χ0n) is 14.7. The number of nitrogens with two attached hydrogens (primary N) is 1. The van der Waals surface area contributed by atoms with Gasteiger partial charge in [0.2, 0.25) is 0 Å². The lowest BCUT2D eigenvalue weighted by atomic mass is 9.98. The Balaban J connectivity index is 2.22. The van der Waals surface area contributed by atoms with Gasteiger partial charge in [-0.3, -0.25) is 18.9 Å². The summed E-state index contributed by atoms with van der Waals surface area (Å²) in [4.78, 5) is 43.8. The van der Waals surface area contributed by atoms with Gasteiger partial charge >= 0.3 is 22.4 Å². The fourth-order valence-corrected chi connectivity index (χ4v) is 3.79. The highest BCUT2D eigenvalue weighted by Crippen LogP contribution is 2.24. The predicted molar refractivity (Wildman–Crippen MR) is 93.3 cm³/mol. The molecule has 1 aromatic rings. The lowest BCUT2D eigenvalue weighted by molar-refractivity contribution is -0.174. The molecule has 2 heterocycles.